The number of rotatable bonds is 8. The molecule has 1 heterocycles. The van der Waals surface area contributed by atoms with Crippen LogP contribution in [0, 0.1) is 0 Å². The van der Waals surface area contributed by atoms with Gasteiger partial charge in [0.1, 0.15) is 5.75 Å². The number of ether oxygens (including phenoxy) is 1. The number of guanidine groups is 1. The van der Waals surface area contributed by atoms with E-state index in [0.717, 1.165) is 50.9 Å². The Morgan fingerprint density at radius 2 is 2.04 bits per heavy atom. The van der Waals surface area contributed by atoms with E-state index in [1.54, 1.807) is 7.11 Å². The molecular weight excluding hydrogens is 300 g/mol. The number of aliphatic imine (C=N–C) groups is 1. The first-order valence-corrected chi connectivity index (χ1v) is 9.18. The molecule has 5 heteroatoms. The predicted octanol–water partition coefficient (Wildman–Crippen LogP) is 2.80. The van der Waals surface area contributed by atoms with Gasteiger partial charge in [-0.2, -0.15) is 0 Å². The molecule has 2 N–H and O–H groups in total. The van der Waals surface area contributed by atoms with Gasteiger partial charge in [-0.3, -0.25) is 9.89 Å². The van der Waals surface area contributed by atoms with E-state index in [9.17, 15) is 0 Å². The molecule has 0 saturated carbocycles. The van der Waals surface area contributed by atoms with Crippen LogP contribution in [-0.4, -0.2) is 50.7 Å². The lowest BCUT2D eigenvalue weighted by molar-refractivity contribution is 0.251. The lowest BCUT2D eigenvalue weighted by Gasteiger charge is -2.27. The monoisotopic (exact) mass is 332 g/mol. The zero-order valence-corrected chi connectivity index (χ0v) is 15.3. The van der Waals surface area contributed by atoms with E-state index in [2.05, 4.69) is 47.6 Å². The topological polar surface area (TPSA) is 48.9 Å². The summed E-state index contributed by atoms with van der Waals surface area (Å²) in [5.74, 6) is 1.82. The van der Waals surface area contributed by atoms with Crippen molar-refractivity contribution in [1.29, 1.82) is 0 Å². The number of hydrogen-bond donors (Lipinski definition) is 2. The minimum atomic E-state index is 0.305. The van der Waals surface area contributed by atoms with Crippen molar-refractivity contribution in [2.24, 2.45) is 4.99 Å². The maximum absolute atomic E-state index is 5.41. The van der Waals surface area contributed by atoms with Crippen LogP contribution in [0.3, 0.4) is 0 Å². The Kier molecular flexibility index (Phi) is 7.89. The zero-order chi connectivity index (χ0) is 17.2. The highest BCUT2D eigenvalue weighted by Crippen LogP contribution is 2.27. The van der Waals surface area contributed by atoms with Gasteiger partial charge >= 0.3 is 0 Å². The van der Waals surface area contributed by atoms with E-state index >= 15 is 0 Å². The van der Waals surface area contributed by atoms with Gasteiger partial charge < -0.3 is 15.4 Å². The fourth-order valence-corrected chi connectivity index (χ4v) is 3.10. The fourth-order valence-electron chi connectivity index (χ4n) is 3.10. The summed E-state index contributed by atoms with van der Waals surface area (Å²) in [7, 11) is 1.72. The second-order valence-corrected chi connectivity index (χ2v) is 6.18. The fraction of sp³-hybridized carbons (Fsp3) is 0.632. The molecule has 134 valence electrons. The van der Waals surface area contributed by atoms with Crippen molar-refractivity contribution in [1.82, 2.24) is 15.5 Å². The Hall–Kier alpha value is -1.75. The molecule has 1 saturated heterocycles. The molecule has 1 aromatic rings. The maximum Gasteiger partial charge on any atom is 0.191 e. The molecule has 1 fully saturated rings. The molecule has 0 spiro atoms. The van der Waals surface area contributed by atoms with E-state index in [-0.39, 0.29) is 0 Å². The van der Waals surface area contributed by atoms with Gasteiger partial charge in [-0.1, -0.05) is 19.1 Å². The zero-order valence-electron chi connectivity index (χ0n) is 15.3. The van der Waals surface area contributed by atoms with Crippen LogP contribution >= 0.6 is 0 Å². The third-order valence-electron chi connectivity index (χ3n) is 4.37. The normalized spacial score (nSPS) is 16.9. The molecule has 0 amide bonds. The highest BCUT2D eigenvalue weighted by molar-refractivity contribution is 5.79. The first kappa shape index (κ1) is 18.6. The predicted molar refractivity (Wildman–Crippen MR) is 101 cm³/mol. The summed E-state index contributed by atoms with van der Waals surface area (Å²) < 4.78 is 5.41. The van der Waals surface area contributed by atoms with E-state index in [4.69, 9.17) is 9.73 Å². The molecule has 1 unspecified atom stereocenters. The van der Waals surface area contributed by atoms with Crippen LogP contribution in [0.15, 0.2) is 29.3 Å². The van der Waals surface area contributed by atoms with Gasteiger partial charge in [-0.15, -0.1) is 0 Å². The van der Waals surface area contributed by atoms with Crippen molar-refractivity contribution in [2.75, 3.05) is 39.8 Å². The molecule has 5 nitrogen and oxygen atoms in total. The molecule has 1 aliphatic heterocycles. The van der Waals surface area contributed by atoms with Gasteiger partial charge in [0.05, 0.1) is 19.7 Å². The quantitative estimate of drug-likeness (QED) is 0.568. The number of likely N-dealkylation sites (tertiary alicyclic amines) is 1. The highest BCUT2D eigenvalue weighted by atomic mass is 16.5. The SMILES string of the molecule is CCCNC(=NCC(c1cccc(OC)c1)N1CCCC1)NCC. The van der Waals surface area contributed by atoms with Crippen molar-refractivity contribution < 1.29 is 4.74 Å². The molecule has 0 aromatic heterocycles. The second-order valence-electron chi connectivity index (χ2n) is 6.18. The van der Waals surface area contributed by atoms with Crippen molar-refractivity contribution in [3.63, 3.8) is 0 Å². The average molecular weight is 332 g/mol. The third-order valence-corrected chi connectivity index (χ3v) is 4.37. The average Bonchev–Trinajstić information content (AvgIpc) is 3.14. The number of benzene rings is 1. The lowest BCUT2D eigenvalue weighted by atomic mass is 10.1. The Balaban J connectivity index is 2.15. The smallest absolute Gasteiger partial charge is 0.191 e. The van der Waals surface area contributed by atoms with Crippen molar-refractivity contribution >= 4 is 5.96 Å². The van der Waals surface area contributed by atoms with Crippen LogP contribution in [0.25, 0.3) is 0 Å². The molecule has 0 aliphatic carbocycles. The molecule has 0 radical (unpaired) electrons. The van der Waals surface area contributed by atoms with Gasteiger partial charge in [0.15, 0.2) is 5.96 Å². The van der Waals surface area contributed by atoms with Crippen LogP contribution in [-0.2, 0) is 0 Å². The standard InChI is InChI=1S/C19H32N4O/c1-4-11-21-19(20-5-2)22-15-18(23-12-6-7-13-23)16-9-8-10-17(14-16)24-3/h8-10,14,18H,4-7,11-13,15H2,1-3H3,(H2,20,21,22). The summed E-state index contributed by atoms with van der Waals surface area (Å²) >= 11 is 0. The minimum absolute atomic E-state index is 0.305. The summed E-state index contributed by atoms with van der Waals surface area (Å²) in [5.41, 5.74) is 1.28. The van der Waals surface area contributed by atoms with E-state index in [1.165, 1.54) is 18.4 Å². The molecule has 2 rings (SSSR count). The second kappa shape index (κ2) is 10.2. The van der Waals surface area contributed by atoms with E-state index < -0.39 is 0 Å². The molecule has 24 heavy (non-hydrogen) atoms. The summed E-state index contributed by atoms with van der Waals surface area (Å²) in [6, 6.07) is 8.71. The van der Waals surface area contributed by atoms with Crippen molar-refractivity contribution in [3.8, 4) is 5.75 Å². The van der Waals surface area contributed by atoms with Gasteiger partial charge in [0.25, 0.3) is 0 Å². The maximum atomic E-state index is 5.41. The summed E-state index contributed by atoms with van der Waals surface area (Å²) in [4.78, 5) is 7.38. The Morgan fingerprint density at radius 1 is 1.25 bits per heavy atom. The molecular formula is C19H32N4O. The van der Waals surface area contributed by atoms with Crippen LogP contribution in [0.5, 0.6) is 5.75 Å². The summed E-state index contributed by atoms with van der Waals surface area (Å²) in [5, 5.41) is 6.72. The summed E-state index contributed by atoms with van der Waals surface area (Å²) in [6.07, 6.45) is 3.65. The Labute approximate surface area is 146 Å². The van der Waals surface area contributed by atoms with Gasteiger partial charge in [0, 0.05) is 13.1 Å². The van der Waals surface area contributed by atoms with Crippen molar-refractivity contribution in [2.45, 2.75) is 39.2 Å². The number of hydrogen-bond acceptors (Lipinski definition) is 3. The summed E-state index contributed by atoms with van der Waals surface area (Å²) in [6.45, 7) is 9.14. The third kappa shape index (κ3) is 5.41. The van der Waals surface area contributed by atoms with Crippen LogP contribution < -0.4 is 15.4 Å². The van der Waals surface area contributed by atoms with Crippen LogP contribution in [0.4, 0.5) is 0 Å². The number of nitrogens with zero attached hydrogens (tertiary/aromatic N) is 2. The highest BCUT2D eigenvalue weighted by Gasteiger charge is 2.23. The molecule has 1 aliphatic rings. The van der Waals surface area contributed by atoms with Gasteiger partial charge in [0.2, 0.25) is 0 Å². The van der Waals surface area contributed by atoms with Gasteiger partial charge in [-0.25, -0.2) is 0 Å². The number of nitrogens with one attached hydrogen (secondary N) is 2. The van der Waals surface area contributed by atoms with Crippen molar-refractivity contribution in [3.05, 3.63) is 29.8 Å². The molecule has 0 bridgehead atoms. The lowest BCUT2D eigenvalue weighted by Crippen LogP contribution is -2.38. The van der Waals surface area contributed by atoms with E-state index in [0.29, 0.717) is 6.04 Å². The first-order valence-electron chi connectivity index (χ1n) is 9.18. The molecule has 1 atom stereocenters. The van der Waals surface area contributed by atoms with Crippen LogP contribution in [0.2, 0.25) is 0 Å². The minimum Gasteiger partial charge on any atom is -0.497 e. The first-order chi connectivity index (χ1) is 11.8. The number of methoxy groups -OCH3 is 1. The van der Waals surface area contributed by atoms with E-state index in [1.807, 2.05) is 6.07 Å². The Morgan fingerprint density at radius 3 is 2.71 bits per heavy atom. The van der Waals surface area contributed by atoms with Gasteiger partial charge in [-0.05, 0) is 57.0 Å². The Bertz CT molecular complexity index is 512. The molecule has 1 aromatic carbocycles. The van der Waals surface area contributed by atoms with Crippen LogP contribution in [0.1, 0.15) is 44.7 Å². The largest absolute Gasteiger partial charge is 0.497 e.